The fourth-order valence-electron chi connectivity index (χ4n) is 5.00. The van der Waals surface area contributed by atoms with Gasteiger partial charge in [0.1, 0.15) is 17.5 Å². The van der Waals surface area contributed by atoms with Gasteiger partial charge in [0, 0.05) is 31.9 Å². The average molecular weight is 414 g/mol. The quantitative estimate of drug-likeness (QED) is 0.732. The number of anilines is 1. The van der Waals surface area contributed by atoms with E-state index in [0.29, 0.717) is 5.92 Å². The van der Waals surface area contributed by atoms with Gasteiger partial charge in [-0.15, -0.1) is 0 Å². The molecule has 0 radical (unpaired) electrons. The Balaban J connectivity index is 1.33. The third-order valence-electron chi connectivity index (χ3n) is 6.51. The number of ether oxygens (including phenoxy) is 1. The van der Waals surface area contributed by atoms with Crippen LogP contribution in [0.25, 0.3) is 0 Å². The zero-order valence-electron chi connectivity index (χ0n) is 17.3. The SMILES string of the molecule is CCCCC1=N[C@H]2Sc3c(NCCN4CCOCC4)ncnc3[C@@H]2C2=C1CCC2. The van der Waals surface area contributed by atoms with E-state index in [9.17, 15) is 0 Å². The van der Waals surface area contributed by atoms with E-state index in [1.54, 1.807) is 17.5 Å². The zero-order valence-corrected chi connectivity index (χ0v) is 18.1. The van der Waals surface area contributed by atoms with Crippen LogP contribution in [0.2, 0.25) is 0 Å². The predicted molar refractivity (Wildman–Crippen MR) is 118 cm³/mol. The number of allylic oxidation sites excluding steroid dienone is 1. The average Bonchev–Trinajstić information content (AvgIpc) is 3.37. The van der Waals surface area contributed by atoms with E-state index >= 15 is 0 Å². The van der Waals surface area contributed by atoms with Gasteiger partial charge in [-0.1, -0.05) is 30.7 Å². The molecular formula is C22H31N5OS. The van der Waals surface area contributed by atoms with Crippen molar-refractivity contribution >= 4 is 23.3 Å². The first kappa shape index (κ1) is 19.5. The topological polar surface area (TPSA) is 62.6 Å². The normalized spacial score (nSPS) is 26.2. The summed E-state index contributed by atoms with van der Waals surface area (Å²) in [5.74, 6) is 1.36. The molecule has 1 saturated heterocycles. The summed E-state index contributed by atoms with van der Waals surface area (Å²) in [6.07, 6.45) is 9.03. The smallest absolute Gasteiger partial charge is 0.143 e. The molecule has 3 aliphatic heterocycles. The Hall–Kier alpha value is -1.44. The number of morpholine rings is 1. The molecule has 1 aromatic rings. The summed E-state index contributed by atoms with van der Waals surface area (Å²) in [5, 5.41) is 3.84. The molecule has 0 saturated carbocycles. The van der Waals surface area contributed by atoms with Gasteiger partial charge in [0.15, 0.2) is 0 Å². The van der Waals surface area contributed by atoms with Gasteiger partial charge in [-0.3, -0.25) is 9.89 Å². The number of nitrogens with one attached hydrogen (secondary N) is 1. The molecule has 5 rings (SSSR count). The molecule has 0 spiro atoms. The number of rotatable bonds is 7. The Morgan fingerprint density at radius 2 is 2.14 bits per heavy atom. The lowest BCUT2D eigenvalue weighted by Crippen LogP contribution is -2.39. The molecule has 4 heterocycles. The fraction of sp³-hybridized carbons (Fsp3) is 0.682. The zero-order chi connectivity index (χ0) is 19.6. The van der Waals surface area contributed by atoms with E-state index in [1.807, 2.05) is 11.8 Å². The number of unbranched alkanes of at least 4 members (excludes halogenated alkanes) is 1. The minimum Gasteiger partial charge on any atom is -0.379 e. The van der Waals surface area contributed by atoms with E-state index in [1.165, 1.54) is 48.4 Å². The van der Waals surface area contributed by atoms with Crippen LogP contribution in [0.5, 0.6) is 0 Å². The van der Waals surface area contributed by atoms with Crippen molar-refractivity contribution in [1.29, 1.82) is 0 Å². The van der Waals surface area contributed by atoms with Crippen molar-refractivity contribution < 1.29 is 4.74 Å². The van der Waals surface area contributed by atoms with Crippen molar-refractivity contribution in [2.24, 2.45) is 4.99 Å². The number of hydrogen-bond acceptors (Lipinski definition) is 7. The Morgan fingerprint density at radius 1 is 1.24 bits per heavy atom. The number of fused-ring (bicyclic) bond motifs is 4. The summed E-state index contributed by atoms with van der Waals surface area (Å²) in [6, 6.07) is 0. The van der Waals surface area contributed by atoms with Crippen molar-refractivity contribution in [3.63, 3.8) is 0 Å². The molecule has 7 heteroatoms. The molecule has 0 aromatic carbocycles. The number of aromatic nitrogens is 2. The molecule has 4 aliphatic rings. The number of nitrogens with zero attached hydrogens (tertiary/aromatic N) is 4. The maximum Gasteiger partial charge on any atom is 0.143 e. The first-order valence-corrected chi connectivity index (χ1v) is 12.1. The van der Waals surface area contributed by atoms with Gasteiger partial charge in [-0.2, -0.15) is 0 Å². The van der Waals surface area contributed by atoms with Crippen molar-refractivity contribution in [2.75, 3.05) is 44.7 Å². The molecule has 0 unspecified atom stereocenters. The molecule has 29 heavy (non-hydrogen) atoms. The van der Waals surface area contributed by atoms with E-state index in [4.69, 9.17) is 14.7 Å². The van der Waals surface area contributed by atoms with Gasteiger partial charge in [0.2, 0.25) is 0 Å². The second kappa shape index (κ2) is 8.74. The Labute approximate surface area is 177 Å². The van der Waals surface area contributed by atoms with Crippen molar-refractivity contribution in [3.05, 3.63) is 23.2 Å². The summed E-state index contributed by atoms with van der Waals surface area (Å²) in [4.78, 5) is 18.3. The van der Waals surface area contributed by atoms with Crippen LogP contribution < -0.4 is 5.32 Å². The lowest BCUT2D eigenvalue weighted by Gasteiger charge is -2.26. The molecule has 6 nitrogen and oxygen atoms in total. The van der Waals surface area contributed by atoms with Crippen LogP contribution in [0.1, 0.15) is 57.1 Å². The van der Waals surface area contributed by atoms with Crippen LogP contribution in [0.15, 0.2) is 27.4 Å². The minimum atomic E-state index is 0.255. The summed E-state index contributed by atoms with van der Waals surface area (Å²) in [5.41, 5.74) is 5.78. The second-order valence-corrected chi connectivity index (χ2v) is 9.47. The highest BCUT2D eigenvalue weighted by Gasteiger charge is 2.44. The Morgan fingerprint density at radius 3 is 3.00 bits per heavy atom. The molecule has 156 valence electrons. The Kier molecular flexibility index (Phi) is 5.88. The first-order valence-electron chi connectivity index (χ1n) is 11.2. The molecule has 0 bridgehead atoms. The third kappa shape index (κ3) is 3.84. The van der Waals surface area contributed by atoms with E-state index in [0.717, 1.165) is 51.6 Å². The first-order chi connectivity index (χ1) is 14.3. The van der Waals surface area contributed by atoms with Crippen molar-refractivity contribution in [3.8, 4) is 0 Å². The standard InChI is InChI=1S/C22H31N5OS/c1-2-3-7-17-15-5-4-6-16(15)18-19-20(29-22(18)26-17)21(25-14-24-19)23-8-9-27-10-12-28-13-11-27/h14,18,22H,2-13H2,1H3,(H,23,24,25)/t18-,22-/m0/s1. The molecule has 1 N–H and O–H groups in total. The fourth-order valence-corrected chi connectivity index (χ4v) is 6.39. The van der Waals surface area contributed by atoms with Gasteiger partial charge in [0.25, 0.3) is 0 Å². The highest BCUT2D eigenvalue weighted by Crippen LogP contribution is 2.55. The van der Waals surface area contributed by atoms with Crippen LogP contribution in [0.3, 0.4) is 0 Å². The number of aliphatic imine (C=N–C) groups is 1. The lowest BCUT2D eigenvalue weighted by molar-refractivity contribution is 0.0398. The molecule has 0 amide bonds. The van der Waals surface area contributed by atoms with Crippen LogP contribution in [-0.2, 0) is 4.74 Å². The largest absolute Gasteiger partial charge is 0.379 e. The van der Waals surface area contributed by atoms with Gasteiger partial charge in [-0.25, -0.2) is 9.97 Å². The summed E-state index contributed by atoms with van der Waals surface area (Å²) in [6.45, 7) is 7.92. The van der Waals surface area contributed by atoms with Gasteiger partial charge in [0.05, 0.1) is 29.7 Å². The molecule has 2 atom stereocenters. The van der Waals surface area contributed by atoms with E-state index in [-0.39, 0.29) is 5.37 Å². The van der Waals surface area contributed by atoms with Gasteiger partial charge in [-0.05, 0) is 37.7 Å². The maximum atomic E-state index is 5.44. The van der Waals surface area contributed by atoms with Crippen molar-refractivity contribution in [1.82, 2.24) is 14.9 Å². The minimum absolute atomic E-state index is 0.255. The van der Waals surface area contributed by atoms with Gasteiger partial charge < -0.3 is 10.1 Å². The van der Waals surface area contributed by atoms with Gasteiger partial charge >= 0.3 is 0 Å². The highest BCUT2D eigenvalue weighted by molar-refractivity contribution is 8.00. The van der Waals surface area contributed by atoms with Crippen LogP contribution in [0, 0.1) is 0 Å². The lowest BCUT2D eigenvalue weighted by atomic mass is 9.87. The van der Waals surface area contributed by atoms with Crippen molar-refractivity contribution in [2.45, 2.75) is 61.6 Å². The summed E-state index contributed by atoms with van der Waals surface area (Å²) in [7, 11) is 0. The number of dihydropyridines is 1. The maximum absolute atomic E-state index is 5.44. The molecule has 1 aliphatic carbocycles. The third-order valence-corrected chi connectivity index (χ3v) is 7.77. The van der Waals surface area contributed by atoms with Crippen LogP contribution >= 0.6 is 11.8 Å². The summed E-state index contributed by atoms with van der Waals surface area (Å²) >= 11 is 1.88. The number of hydrogen-bond donors (Lipinski definition) is 1. The van der Waals surface area contributed by atoms with E-state index < -0.39 is 0 Å². The molecule has 1 aromatic heterocycles. The number of thioether (sulfide) groups is 1. The summed E-state index contributed by atoms with van der Waals surface area (Å²) < 4.78 is 5.44. The van der Waals surface area contributed by atoms with Crippen LogP contribution in [0.4, 0.5) is 5.82 Å². The molecule has 1 fully saturated rings. The highest BCUT2D eigenvalue weighted by atomic mass is 32.2. The molecular weight excluding hydrogens is 382 g/mol. The van der Waals surface area contributed by atoms with E-state index in [2.05, 4.69) is 22.1 Å². The monoisotopic (exact) mass is 413 g/mol. The predicted octanol–water partition coefficient (Wildman–Crippen LogP) is 3.86. The van der Waals surface area contributed by atoms with Crippen LogP contribution in [-0.4, -0.2) is 65.3 Å². The Bertz CT molecular complexity index is 817. The second-order valence-electron chi connectivity index (χ2n) is 8.34.